The second kappa shape index (κ2) is 10.3. The largest absolute Gasteiger partial charge is 0.355 e. The van der Waals surface area contributed by atoms with Gasteiger partial charge in [0.1, 0.15) is 28.5 Å². The van der Waals surface area contributed by atoms with Gasteiger partial charge in [-0.05, 0) is 44.7 Å². The highest BCUT2D eigenvalue weighted by atomic mass is 16.1. The number of carbonyl (C=O) groups excluding carboxylic acids is 1. The maximum Gasteiger partial charge on any atom is 0.278 e. The van der Waals surface area contributed by atoms with Crippen LogP contribution in [0.1, 0.15) is 55.1 Å². The van der Waals surface area contributed by atoms with E-state index in [0.717, 1.165) is 36.9 Å². The summed E-state index contributed by atoms with van der Waals surface area (Å²) in [6, 6.07) is 9.75. The van der Waals surface area contributed by atoms with Gasteiger partial charge in [-0.1, -0.05) is 36.8 Å². The Kier molecular flexibility index (Phi) is 7.17. The molecule has 3 aromatic rings. The van der Waals surface area contributed by atoms with Crippen molar-refractivity contribution in [3.8, 4) is 6.07 Å². The van der Waals surface area contributed by atoms with E-state index in [4.69, 9.17) is 5.73 Å². The van der Waals surface area contributed by atoms with Crippen molar-refractivity contribution in [2.24, 2.45) is 5.73 Å². The molecule has 0 unspecified atom stereocenters. The average Bonchev–Trinajstić information content (AvgIpc) is 3.18. The van der Waals surface area contributed by atoms with Gasteiger partial charge in [-0.15, -0.1) is 0 Å². The molecule has 0 radical (unpaired) electrons. The van der Waals surface area contributed by atoms with Gasteiger partial charge < -0.3 is 15.2 Å². The zero-order valence-electron chi connectivity index (χ0n) is 20.6. The predicted octanol–water partition coefficient (Wildman–Crippen LogP) is 3.41. The summed E-state index contributed by atoms with van der Waals surface area (Å²) >= 11 is 0. The van der Waals surface area contributed by atoms with Crippen LogP contribution in [0.5, 0.6) is 0 Å². The average molecular weight is 473 g/mol. The highest BCUT2D eigenvalue weighted by Crippen LogP contribution is 2.31. The van der Waals surface area contributed by atoms with Crippen molar-refractivity contribution < 1.29 is 4.79 Å². The zero-order valence-corrected chi connectivity index (χ0v) is 20.6. The Bertz CT molecular complexity index is 1390. The van der Waals surface area contributed by atoms with Crippen LogP contribution in [-0.4, -0.2) is 39.0 Å². The number of anilines is 1. The number of hydrogen-bond acceptors (Lipinski definition) is 6. The SMILES string of the molecule is CCc1cccc(C(=O)Cn2cnc3c(C#N)c(N4CCC[C@H](N)C4)n(CC=C(C)C)c3c2=O)c1. The highest BCUT2D eigenvalue weighted by molar-refractivity contribution is 5.96. The van der Waals surface area contributed by atoms with E-state index in [2.05, 4.69) is 16.0 Å². The lowest BCUT2D eigenvalue weighted by atomic mass is 10.1. The predicted molar refractivity (Wildman–Crippen MR) is 138 cm³/mol. The molecule has 1 fully saturated rings. The number of hydrogen-bond donors (Lipinski definition) is 1. The van der Waals surface area contributed by atoms with E-state index in [-0.39, 0.29) is 23.9 Å². The summed E-state index contributed by atoms with van der Waals surface area (Å²) in [5.74, 6) is 0.521. The molecule has 0 bridgehead atoms. The number of nitriles is 1. The Balaban J connectivity index is 1.84. The van der Waals surface area contributed by atoms with Crippen molar-refractivity contribution in [3.05, 3.63) is 69.3 Å². The topological polar surface area (TPSA) is 110 Å². The third-order valence-electron chi connectivity index (χ3n) is 6.52. The number of piperidine rings is 1. The first-order valence-corrected chi connectivity index (χ1v) is 12.1. The van der Waals surface area contributed by atoms with Gasteiger partial charge in [-0.2, -0.15) is 5.26 Å². The molecule has 3 heterocycles. The van der Waals surface area contributed by atoms with Crippen LogP contribution in [-0.2, 0) is 19.5 Å². The van der Waals surface area contributed by atoms with Crippen molar-refractivity contribution in [1.82, 2.24) is 14.1 Å². The van der Waals surface area contributed by atoms with Crippen molar-refractivity contribution in [2.45, 2.75) is 59.2 Å². The van der Waals surface area contributed by atoms with E-state index in [1.54, 1.807) is 6.07 Å². The molecule has 1 aliphatic heterocycles. The summed E-state index contributed by atoms with van der Waals surface area (Å²) in [6.45, 7) is 7.70. The lowest BCUT2D eigenvalue weighted by Gasteiger charge is -2.33. The molecule has 2 aromatic heterocycles. The molecule has 0 aliphatic carbocycles. The van der Waals surface area contributed by atoms with Crippen LogP contribution < -0.4 is 16.2 Å². The van der Waals surface area contributed by atoms with E-state index in [0.29, 0.717) is 41.1 Å². The lowest BCUT2D eigenvalue weighted by molar-refractivity contribution is 0.0970. The van der Waals surface area contributed by atoms with Gasteiger partial charge in [-0.3, -0.25) is 14.2 Å². The van der Waals surface area contributed by atoms with Crippen LogP contribution in [0, 0.1) is 11.3 Å². The van der Waals surface area contributed by atoms with Crippen LogP contribution in [0.3, 0.4) is 0 Å². The Hall–Kier alpha value is -3.70. The number of ketones is 1. The molecule has 1 aromatic carbocycles. The summed E-state index contributed by atoms with van der Waals surface area (Å²) in [6.07, 6.45) is 6.07. The zero-order chi connectivity index (χ0) is 25.1. The monoisotopic (exact) mass is 472 g/mol. The smallest absolute Gasteiger partial charge is 0.278 e. The fourth-order valence-corrected chi connectivity index (χ4v) is 4.66. The summed E-state index contributed by atoms with van der Waals surface area (Å²) in [5, 5.41) is 10.1. The minimum Gasteiger partial charge on any atom is -0.355 e. The first-order valence-electron chi connectivity index (χ1n) is 12.1. The third kappa shape index (κ3) is 4.91. The Labute approximate surface area is 205 Å². The number of nitrogens with two attached hydrogens (primary N) is 1. The van der Waals surface area contributed by atoms with Crippen LogP contribution in [0.25, 0.3) is 11.0 Å². The highest BCUT2D eigenvalue weighted by Gasteiger charge is 2.28. The van der Waals surface area contributed by atoms with Crippen LogP contribution >= 0.6 is 0 Å². The molecule has 8 heteroatoms. The van der Waals surface area contributed by atoms with Crippen LogP contribution in [0.4, 0.5) is 5.82 Å². The molecule has 0 amide bonds. The van der Waals surface area contributed by atoms with Gasteiger partial charge in [0.15, 0.2) is 5.78 Å². The molecule has 35 heavy (non-hydrogen) atoms. The van der Waals surface area contributed by atoms with E-state index < -0.39 is 0 Å². The molecule has 182 valence electrons. The van der Waals surface area contributed by atoms with Gasteiger partial charge in [0.25, 0.3) is 5.56 Å². The number of fused-ring (bicyclic) bond motifs is 1. The number of carbonyl (C=O) groups is 1. The van der Waals surface area contributed by atoms with E-state index in [1.165, 1.54) is 10.9 Å². The fraction of sp³-hybridized carbons (Fsp3) is 0.407. The Morgan fingerprint density at radius 1 is 1.34 bits per heavy atom. The molecule has 2 N–H and O–H groups in total. The number of Topliss-reactive ketones (excluding diaryl/α,β-unsaturated/α-hetero) is 1. The normalized spacial score (nSPS) is 15.7. The summed E-state index contributed by atoms with van der Waals surface area (Å²) in [7, 11) is 0. The lowest BCUT2D eigenvalue weighted by Crippen LogP contribution is -2.44. The summed E-state index contributed by atoms with van der Waals surface area (Å²) in [4.78, 5) is 33.3. The van der Waals surface area contributed by atoms with Gasteiger partial charge in [0.05, 0.1) is 12.9 Å². The number of rotatable bonds is 7. The Morgan fingerprint density at radius 3 is 2.83 bits per heavy atom. The van der Waals surface area contributed by atoms with Crippen molar-refractivity contribution in [1.29, 1.82) is 5.26 Å². The third-order valence-corrected chi connectivity index (χ3v) is 6.52. The molecule has 0 saturated carbocycles. The molecule has 1 atom stereocenters. The molecular formula is C27H32N6O2. The molecule has 1 aliphatic rings. The van der Waals surface area contributed by atoms with Crippen LogP contribution in [0.15, 0.2) is 47.0 Å². The standard InChI is InChI=1S/C27H32N6O2/c1-4-19-7-5-8-20(13-19)23(34)16-32-17-30-24-22(14-28)26(31-11-6-9-21(29)15-31)33(12-10-18(2)3)25(24)27(32)35/h5,7-8,10,13,17,21H,4,6,9,11-12,15-16,29H2,1-3H3/t21-/m0/s1. The van der Waals surface area contributed by atoms with Gasteiger partial charge in [0, 0.05) is 31.2 Å². The first-order chi connectivity index (χ1) is 16.8. The number of benzene rings is 1. The maximum atomic E-state index is 13.7. The van der Waals surface area contributed by atoms with Gasteiger partial charge in [0.2, 0.25) is 0 Å². The van der Waals surface area contributed by atoms with Crippen molar-refractivity contribution >= 4 is 22.6 Å². The number of aromatic nitrogens is 3. The van der Waals surface area contributed by atoms with Gasteiger partial charge in [-0.25, -0.2) is 4.98 Å². The fourth-order valence-electron chi connectivity index (χ4n) is 4.66. The molecule has 8 nitrogen and oxygen atoms in total. The first kappa shape index (κ1) is 24.4. The summed E-state index contributed by atoms with van der Waals surface area (Å²) < 4.78 is 3.21. The van der Waals surface area contributed by atoms with Crippen molar-refractivity contribution in [2.75, 3.05) is 18.0 Å². The second-order valence-corrected chi connectivity index (χ2v) is 9.40. The minimum absolute atomic E-state index is 0.00586. The maximum absolute atomic E-state index is 13.7. The van der Waals surface area contributed by atoms with E-state index in [9.17, 15) is 14.9 Å². The number of allylic oxidation sites excluding steroid dienone is 2. The quantitative estimate of drug-likeness (QED) is 0.417. The number of aryl methyl sites for hydroxylation is 1. The molecule has 1 saturated heterocycles. The van der Waals surface area contributed by atoms with E-state index in [1.807, 2.05) is 49.6 Å². The minimum atomic E-state index is -0.332. The molecule has 4 rings (SSSR count). The Morgan fingerprint density at radius 2 is 2.14 bits per heavy atom. The van der Waals surface area contributed by atoms with Crippen molar-refractivity contribution in [3.63, 3.8) is 0 Å². The number of nitrogens with zero attached hydrogens (tertiary/aromatic N) is 5. The van der Waals surface area contributed by atoms with E-state index >= 15 is 0 Å². The molecule has 0 spiro atoms. The van der Waals surface area contributed by atoms with Gasteiger partial charge >= 0.3 is 0 Å². The van der Waals surface area contributed by atoms with Crippen LogP contribution in [0.2, 0.25) is 0 Å². The molecular weight excluding hydrogens is 440 g/mol. The second-order valence-electron chi connectivity index (χ2n) is 9.40. The summed E-state index contributed by atoms with van der Waals surface area (Å²) in [5.41, 5.74) is 9.72.